The summed E-state index contributed by atoms with van der Waals surface area (Å²) < 4.78 is 5.18. The van der Waals surface area contributed by atoms with E-state index in [0.29, 0.717) is 11.4 Å². The number of piperidine rings is 1. The van der Waals surface area contributed by atoms with Gasteiger partial charge in [-0.05, 0) is 44.4 Å². The molecule has 3 rings (SSSR count). The third kappa shape index (κ3) is 4.51. The average molecular weight is 345 g/mol. The van der Waals surface area contributed by atoms with Crippen LogP contribution < -0.4 is 10.1 Å². The van der Waals surface area contributed by atoms with Crippen LogP contribution in [0.2, 0.25) is 0 Å². The summed E-state index contributed by atoms with van der Waals surface area (Å²) in [7, 11) is 1.60. The van der Waals surface area contributed by atoms with Crippen molar-refractivity contribution in [3.05, 3.63) is 24.3 Å². The van der Waals surface area contributed by atoms with Gasteiger partial charge in [-0.15, -0.1) is 0 Å². The smallest absolute Gasteiger partial charge is 0.239 e. The molecule has 0 bridgehead atoms. The van der Waals surface area contributed by atoms with Crippen molar-refractivity contribution >= 4 is 17.5 Å². The summed E-state index contributed by atoms with van der Waals surface area (Å²) in [5.41, 5.74) is 0.712. The van der Waals surface area contributed by atoms with Crippen LogP contribution in [-0.4, -0.2) is 60.9 Å². The zero-order valence-electron chi connectivity index (χ0n) is 14.9. The second-order valence-electron chi connectivity index (χ2n) is 6.79. The lowest BCUT2D eigenvalue weighted by atomic mass is 10.0. The maximum absolute atomic E-state index is 12.8. The molecule has 6 heteroatoms. The van der Waals surface area contributed by atoms with Crippen molar-refractivity contribution in [3.63, 3.8) is 0 Å². The Morgan fingerprint density at radius 2 is 1.92 bits per heavy atom. The third-order valence-electron chi connectivity index (χ3n) is 5.02. The van der Waals surface area contributed by atoms with Crippen LogP contribution >= 0.6 is 0 Å². The predicted molar refractivity (Wildman–Crippen MR) is 96.6 cm³/mol. The summed E-state index contributed by atoms with van der Waals surface area (Å²) in [5.74, 6) is 0.818. The topological polar surface area (TPSA) is 61.9 Å². The lowest BCUT2D eigenvalue weighted by Crippen LogP contribution is -2.52. The molecule has 1 atom stereocenters. The normalized spacial score (nSPS) is 21.2. The molecule has 2 fully saturated rings. The van der Waals surface area contributed by atoms with E-state index in [1.165, 1.54) is 0 Å². The Morgan fingerprint density at radius 3 is 2.68 bits per heavy atom. The summed E-state index contributed by atoms with van der Waals surface area (Å²) in [4.78, 5) is 29.2. The fourth-order valence-corrected chi connectivity index (χ4v) is 3.69. The van der Waals surface area contributed by atoms with Gasteiger partial charge in [0.05, 0.1) is 19.7 Å². The van der Waals surface area contributed by atoms with E-state index in [-0.39, 0.29) is 24.4 Å². The number of methoxy groups -OCH3 is 1. The van der Waals surface area contributed by atoms with Crippen molar-refractivity contribution < 1.29 is 14.3 Å². The van der Waals surface area contributed by atoms with Crippen LogP contribution in [0.15, 0.2) is 24.3 Å². The summed E-state index contributed by atoms with van der Waals surface area (Å²) in [6.45, 7) is 2.77. The number of carbonyl (C=O) groups is 2. The number of rotatable bonds is 5. The molecule has 1 aromatic carbocycles. The van der Waals surface area contributed by atoms with Gasteiger partial charge >= 0.3 is 0 Å². The van der Waals surface area contributed by atoms with Crippen LogP contribution in [-0.2, 0) is 9.59 Å². The van der Waals surface area contributed by atoms with E-state index >= 15 is 0 Å². The number of hydrogen-bond donors (Lipinski definition) is 1. The van der Waals surface area contributed by atoms with E-state index in [1.807, 2.05) is 28.0 Å². The van der Waals surface area contributed by atoms with Gasteiger partial charge in [0, 0.05) is 24.8 Å². The van der Waals surface area contributed by atoms with Crippen LogP contribution in [0.4, 0.5) is 5.69 Å². The predicted octanol–water partition coefficient (Wildman–Crippen LogP) is 2.11. The summed E-state index contributed by atoms with van der Waals surface area (Å²) in [5, 5.41) is 2.91. The fraction of sp³-hybridized carbons (Fsp3) is 0.579. The van der Waals surface area contributed by atoms with Gasteiger partial charge in [0.2, 0.25) is 11.8 Å². The minimum absolute atomic E-state index is 0.0885. The highest BCUT2D eigenvalue weighted by atomic mass is 16.5. The van der Waals surface area contributed by atoms with Crippen LogP contribution in [0.1, 0.15) is 32.1 Å². The number of amides is 2. The zero-order chi connectivity index (χ0) is 17.6. The molecule has 0 radical (unpaired) electrons. The molecule has 1 aromatic rings. The van der Waals surface area contributed by atoms with E-state index < -0.39 is 0 Å². The van der Waals surface area contributed by atoms with Crippen molar-refractivity contribution in [1.29, 1.82) is 0 Å². The fourth-order valence-electron chi connectivity index (χ4n) is 3.69. The Labute approximate surface area is 149 Å². The van der Waals surface area contributed by atoms with Crippen LogP contribution in [0.3, 0.4) is 0 Å². The van der Waals surface area contributed by atoms with E-state index in [4.69, 9.17) is 4.74 Å². The third-order valence-corrected chi connectivity index (χ3v) is 5.02. The molecule has 0 saturated carbocycles. The number of benzene rings is 1. The molecule has 0 aromatic heterocycles. The molecule has 25 heavy (non-hydrogen) atoms. The molecule has 6 nitrogen and oxygen atoms in total. The molecule has 0 aliphatic carbocycles. The molecule has 1 N–H and O–H groups in total. The van der Waals surface area contributed by atoms with Crippen LogP contribution in [0.5, 0.6) is 5.75 Å². The van der Waals surface area contributed by atoms with Crippen molar-refractivity contribution in [1.82, 2.24) is 9.80 Å². The van der Waals surface area contributed by atoms with E-state index in [2.05, 4.69) is 5.32 Å². The van der Waals surface area contributed by atoms with Gasteiger partial charge in [0.25, 0.3) is 0 Å². The highest BCUT2D eigenvalue weighted by Gasteiger charge is 2.33. The van der Waals surface area contributed by atoms with Crippen LogP contribution in [0, 0.1) is 0 Å². The molecule has 2 amide bonds. The standard InChI is InChI=1S/C19H27N3O3/c1-25-16-8-6-7-15(13-16)20-18(23)14-22-12-3-2-9-17(22)19(24)21-10-4-5-11-21/h6-8,13,17H,2-5,9-12,14H2,1H3,(H,20,23)/t17-/m0/s1. The maximum atomic E-state index is 12.8. The Kier molecular flexibility index (Phi) is 5.91. The first kappa shape index (κ1) is 17.7. The van der Waals surface area contributed by atoms with Crippen molar-refractivity contribution in [2.75, 3.05) is 38.6 Å². The van der Waals surface area contributed by atoms with Crippen molar-refractivity contribution in [3.8, 4) is 5.75 Å². The van der Waals surface area contributed by atoms with E-state index in [0.717, 1.165) is 51.7 Å². The average Bonchev–Trinajstić information content (AvgIpc) is 3.16. The van der Waals surface area contributed by atoms with Crippen molar-refractivity contribution in [2.24, 2.45) is 0 Å². The number of likely N-dealkylation sites (tertiary alicyclic amines) is 2. The van der Waals surface area contributed by atoms with Gasteiger partial charge in [-0.3, -0.25) is 14.5 Å². The molecule has 136 valence electrons. The van der Waals surface area contributed by atoms with E-state index in [9.17, 15) is 9.59 Å². The number of nitrogens with zero attached hydrogens (tertiary/aromatic N) is 2. The van der Waals surface area contributed by atoms with Gasteiger partial charge in [-0.25, -0.2) is 0 Å². The molecular formula is C19H27N3O3. The molecule has 2 aliphatic rings. The number of ether oxygens (including phenoxy) is 1. The van der Waals surface area contributed by atoms with Gasteiger partial charge in [-0.2, -0.15) is 0 Å². The maximum Gasteiger partial charge on any atom is 0.239 e. The molecule has 2 aliphatic heterocycles. The molecule has 2 saturated heterocycles. The van der Waals surface area contributed by atoms with Gasteiger partial charge in [0.15, 0.2) is 0 Å². The monoisotopic (exact) mass is 345 g/mol. The highest BCUT2D eigenvalue weighted by Crippen LogP contribution is 2.22. The lowest BCUT2D eigenvalue weighted by Gasteiger charge is -2.36. The quantitative estimate of drug-likeness (QED) is 0.888. The first-order valence-electron chi connectivity index (χ1n) is 9.14. The van der Waals surface area contributed by atoms with E-state index in [1.54, 1.807) is 13.2 Å². The lowest BCUT2D eigenvalue weighted by molar-refractivity contribution is -0.137. The second-order valence-corrected chi connectivity index (χ2v) is 6.79. The first-order valence-corrected chi connectivity index (χ1v) is 9.14. The molecule has 2 heterocycles. The first-order chi connectivity index (χ1) is 12.2. The van der Waals surface area contributed by atoms with Crippen molar-refractivity contribution in [2.45, 2.75) is 38.1 Å². The number of nitrogens with one attached hydrogen (secondary N) is 1. The SMILES string of the molecule is COc1cccc(NC(=O)CN2CCCC[C@H]2C(=O)N2CCCC2)c1. The zero-order valence-corrected chi connectivity index (χ0v) is 14.9. The molecular weight excluding hydrogens is 318 g/mol. The Balaban J connectivity index is 1.60. The Morgan fingerprint density at radius 1 is 1.16 bits per heavy atom. The Hall–Kier alpha value is -2.08. The van der Waals surface area contributed by atoms with Gasteiger partial charge < -0.3 is 15.0 Å². The summed E-state index contributed by atoms with van der Waals surface area (Å²) in [6, 6.07) is 7.16. The number of carbonyl (C=O) groups excluding carboxylic acids is 2. The van der Waals surface area contributed by atoms with Gasteiger partial charge in [-0.1, -0.05) is 12.5 Å². The second kappa shape index (κ2) is 8.34. The Bertz CT molecular complexity index is 614. The molecule has 0 unspecified atom stereocenters. The minimum Gasteiger partial charge on any atom is -0.497 e. The molecule has 0 spiro atoms. The summed E-state index contributed by atoms with van der Waals surface area (Å²) in [6.07, 6.45) is 5.12. The highest BCUT2D eigenvalue weighted by molar-refractivity contribution is 5.93. The largest absolute Gasteiger partial charge is 0.497 e. The summed E-state index contributed by atoms with van der Waals surface area (Å²) >= 11 is 0. The minimum atomic E-state index is -0.150. The number of anilines is 1. The van der Waals surface area contributed by atoms with Gasteiger partial charge in [0.1, 0.15) is 5.75 Å². The van der Waals surface area contributed by atoms with Crippen LogP contribution in [0.25, 0.3) is 0 Å². The number of hydrogen-bond acceptors (Lipinski definition) is 4.